The molecule has 0 unspecified atom stereocenters. The first kappa shape index (κ1) is 49.8. The number of fused-ring (bicyclic) bond motifs is 23. The topological polar surface area (TPSA) is 32.8 Å². The number of para-hydroxylation sites is 4. The summed E-state index contributed by atoms with van der Waals surface area (Å²) in [6.07, 6.45) is 0. The average Bonchev–Trinajstić information content (AvgIpc) is 1.56. The molecule has 0 amide bonds. The number of hydrogen-bond acceptors (Lipinski definition) is 4. The van der Waals surface area contributed by atoms with Gasteiger partial charge >= 0.3 is 0 Å². The SMILES string of the molecule is C[Si](C)(C)c1ccc(N(c2ccc3c4c(c5ccccc5c3c2)-c2cc(N(c3ccc([Si](C)(C)C)cc3)c3cccc5c3oc3ccccc35)c3ccccc3c2C42c3ccccc3-c3ccccc32)c2cccc3c2oc2ccccc23)cc1. The molecule has 17 rings (SSSR count). The molecule has 0 fully saturated rings. The van der Waals surface area contributed by atoms with Gasteiger partial charge in [0.1, 0.15) is 11.2 Å². The predicted molar refractivity (Wildman–Crippen MR) is 365 cm³/mol. The molecule has 0 N–H and O–H groups in total. The molecule has 0 saturated heterocycles. The molecule has 85 heavy (non-hydrogen) atoms. The summed E-state index contributed by atoms with van der Waals surface area (Å²) in [7, 11) is -3.27. The molecular weight excluding hydrogens is 1070 g/mol. The number of rotatable bonds is 8. The van der Waals surface area contributed by atoms with Crippen molar-refractivity contribution in [1.82, 2.24) is 0 Å². The van der Waals surface area contributed by atoms with Crippen molar-refractivity contribution < 1.29 is 8.83 Å². The first-order valence-electron chi connectivity index (χ1n) is 29.8. The third-order valence-corrected chi connectivity index (χ3v) is 22.9. The second-order valence-corrected chi connectivity index (χ2v) is 35.7. The van der Waals surface area contributed by atoms with Gasteiger partial charge in [0, 0.05) is 44.0 Å². The first-order chi connectivity index (χ1) is 41.4. The van der Waals surface area contributed by atoms with E-state index in [1.165, 1.54) is 87.2 Å². The van der Waals surface area contributed by atoms with E-state index in [4.69, 9.17) is 8.83 Å². The molecule has 0 aliphatic heterocycles. The highest BCUT2D eigenvalue weighted by Crippen LogP contribution is 2.68. The molecule has 4 nitrogen and oxygen atoms in total. The van der Waals surface area contributed by atoms with Gasteiger partial charge in [-0.25, -0.2) is 0 Å². The highest BCUT2D eigenvalue weighted by molar-refractivity contribution is 6.89. The van der Waals surface area contributed by atoms with Crippen LogP contribution in [0.2, 0.25) is 39.3 Å². The fourth-order valence-electron chi connectivity index (χ4n) is 14.9. The maximum absolute atomic E-state index is 7.00. The Morgan fingerprint density at radius 2 is 0.729 bits per heavy atom. The monoisotopic (exact) mass is 1120 g/mol. The third kappa shape index (κ3) is 7.13. The summed E-state index contributed by atoms with van der Waals surface area (Å²) in [5.74, 6) is 0. The van der Waals surface area contributed by atoms with Crippen molar-refractivity contribution in [2.24, 2.45) is 0 Å². The second kappa shape index (κ2) is 18.1. The van der Waals surface area contributed by atoms with Crippen LogP contribution in [0.4, 0.5) is 34.1 Å². The Balaban J connectivity index is 0.993. The van der Waals surface area contributed by atoms with Gasteiger partial charge in [0.2, 0.25) is 0 Å². The molecule has 0 atom stereocenters. The maximum Gasteiger partial charge on any atom is 0.159 e. The van der Waals surface area contributed by atoms with Crippen molar-refractivity contribution in [3.8, 4) is 22.3 Å². The zero-order chi connectivity index (χ0) is 57.1. The van der Waals surface area contributed by atoms with Crippen LogP contribution in [0.25, 0.3) is 98.4 Å². The third-order valence-electron chi connectivity index (χ3n) is 18.7. The Labute approximate surface area is 496 Å². The molecule has 406 valence electrons. The molecule has 2 aliphatic rings. The number of benzene rings is 13. The van der Waals surface area contributed by atoms with Crippen molar-refractivity contribution in [1.29, 1.82) is 0 Å². The molecule has 15 aromatic rings. The van der Waals surface area contributed by atoms with Gasteiger partial charge in [-0.05, 0) is 138 Å². The van der Waals surface area contributed by atoms with E-state index in [0.717, 1.165) is 78.0 Å². The molecule has 2 aliphatic carbocycles. The molecule has 0 saturated carbocycles. The molecule has 0 bridgehead atoms. The number of hydrogen-bond donors (Lipinski definition) is 0. The number of furan rings is 2. The van der Waals surface area contributed by atoms with Crippen molar-refractivity contribution in [2.75, 3.05) is 9.80 Å². The van der Waals surface area contributed by atoms with Crippen molar-refractivity contribution in [3.05, 3.63) is 277 Å². The summed E-state index contributed by atoms with van der Waals surface area (Å²) in [6.45, 7) is 14.5. The van der Waals surface area contributed by atoms with Crippen LogP contribution in [0.15, 0.2) is 264 Å². The van der Waals surface area contributed by atoms with Crippen LogP contribution in [0.1, 0.15) is 22.3 Å². The van der Waals surface area contributed by atoms with Crippen molar-refractivity contribution in [2.45, 2.75) is 44.7 Å². The standard InChI is InChI=1S/C79H60N2O2Si2/c1-84(2,3)52-42-37-49(38-43-52)80(69-33-19-29-63-58-25-13-17-35-72(58)82-77(63)69)51-41-46-62-65(47-51)54-21-7-9-27-60(54)74-66-48-71(57-24-8-10-28-61(57)75(66)79(76(62)74)67-31-15-11-22-55(67)56-23-12-16-32-68(56)79)81(50-39-44-53(45-40-50)85(4,5)6)70-34-20-30-64-59-26-14-18-36-73(59)83-78(64)70/h7-48H,1-6H3. The lowest BCUT2D eigenvalue weighted by atomic mass is 9.68. The molecule has 2 aromatic heterocycles. The zero-order valence-electron chi connectivity index (χ0n) is 48.5. The quantitative estimate of drug-likeness (QED) is 0.112. The molecule has 0 radical (unpaired) electrons. The van der Waals surface area contributed by atoms with Crippen LogP contribution in [0.3, 0.4) is 0 Å². The van der Waals surface area contributed by atoms with Crippen LogP contribution in [-0.2, 0) is 5.41 Å². The van der Waals surface area contributed by atoms with Gasteiger partial charge < -0.3 is 18.6 Å². The Bertz CT molecular complexity index is 5240. The minimum absolute atomic E-state index is 0.700. The van der Waals surface area contributed by atoms with Crippen LogP contribution in [-0.4, -0.2) is 16.1 Å². The van der Waals surface area contributed by atoms with Gasteiger partial charge in [0.15, 0.2) is 11.2 Å². The lowest BCUT2D eigenvalue weighted by Crippen LogP contribution is -2.37. The maximum atomic E-state index is 7.00. The normalized spacial score (nSPS) is 13.4. The van der Waals surface area contributed by atoms with E-state index in [2.05, 4.69) is 304 Å². The van der Waals surface area contributed by atoms with E-state index < -0.39 is 21.6 Å². The molecular formula is C79H60N2O2Si2. The summed E-state index contributed by atoms with van der Waals surface area (Å²) in [6, 6.07) is 95.6. The lowest BCUT2D eigenvalue weighted by Gasteiger charge is -2.34. The minimum Gasteiger partial charge on any atom is -0.454 e. The van der Waals surface area contributed by atoms with Gasteiger partial charge in [-0.3, -0.25) is 0 Å². The highest BCUT2D eigenvalue weighted by atomic mass is 28.3. The van der Waals surface area contributed by atoms with Crippen molar-refractivity contribution >= 4 is 137 Å². The summed E-state index contributed by atoms with van der Waals surface area (Å²) >= 11 is 0. The van der Waals surface area contributed by atoms with E-state index in [9.17, 15) is 0 Å². The fraction of sp³-hybridized carbons (Fsp3) is 0.0886. The van der Waals surface area contributed by atoms with Crippen LogP contribution in [0, 0.1) is 0 Å². The van der Waals surface area contributed by atoms with E-state index >= 15 is 0 Å². The Morgan fingerprint density at radius 3 is 1.29 bits per heavy atom. The van der Waals surface area contributed by atoms with E-state index in [1.807, 2.05) is 0 Å². The van der Waals surface area contributed by atoms with Crippen LogP contribution in [0.5, 0.6) is 0 Å². The number of anilines is 6. The van der Waals surface area contributed by atoms with E-state index in [1.54, 1.807) is 0 Å². The van der Waals surface area contributed by atoms with E-state index in [-0.39, 0.29) is 0 Å². The van der Waals surface area contributed by atoms with Crippen LogP contribution >= 0.6 is 0 Å². The molecule has 13 aromatic carbocycles. The lowest BCUT2D eigenvalue weighted by molar-refractivity contribution is 0.668. The first-order valence-corrected chi connectivity index (χ1v) is 36.8. The fourth-order valence-corrected chi connectivity index (χ4v) is 17.2. The van der Waals surface area contributed by atoms with Gasteiger partial charge in [0.05, 0.1) is 38.6 Å². The van der Waals surface area contributed by atoms with E-state index in [0.29, 0.717) is 0 Å². The second-order valence-electron chi connectivity index (χ2n) is 25.5. The highest BCUT2D eigenvalue weighted by Gasteiger charge is 2.54. The number of nitrogens with zero attached hydrogens (tertiary/aromatic N) is 2. The smallest absolute Gasteiger partial charge is 0.159 e. The van der Waals surface area contributed by atoms with Gasteiger partial charge in [-0.15, -0.1) is 0 Å². The summed E-state index contributed by atoms with van der Waals surface area (Å²) in [5, 5.41) is 14.5. The Hall–Kier alpha value is -9.73. The predicted octanol–water partition coefficient (Wildman–Crippen LogP) is 21.3. The van der Waals surface area contributed by atoms with Crippen molar-refractivity contribution in [3.63, 3.8) is 0 Å². The summed E-state index contributed by atoms with van der Waals surface area (Å²) < 4.78 is 13.9. The minimum atomic E-state index is -1.65. The van der Waals surface area contributed by atoms with Gasteiger partial charge in [0.25, 0.3) is 0 Å². The van der Waals surface area contributed by atoms with Gasteiger partial charge in [-0.2, -0.15) is 0 Å². The zero-order valence-corrected chi connectivity index (χ0v) is 50.5. The summed E-state index contributed by atoms with van der Waals surface area (Å²) in [5.41, 5.74) is 19.4. The summed E-state index contributed by atoms with van der Waals surface area (Å²) in [4.78, 5) is 4.92. The van der Waals surface area contributed by atoms with Crippen LogP contribution < -0.4 is 20.2 Å². The van der Waals surface area contributed by atoms with Gasteiger partial charge in [-0.1, -0.05) is 238 Å². The largest absolute Gasteiger partial charge is 0.454 e. The molecule has 6 heteroatoms. The average molecular weight is 1130 g/mol. The molecule has 1 spiro atoms. The molecule has 2 heterocycles. The Morgan fingerprint density at radius 1 is 0.294 bits per heavy atom. The Kier molecular flexibility index (Phi) is 10.6.